The number of alkyl halides is 2. The van der Waals surface area contributed by atoms with Crippen molar-refractivity contribution in [3.05, 3.63) is 65.4 Å². The summed E-state index contributed by atoms with van der Waals surface area (Å²) >= 11 is 0. The number of aryl methyl sites for hydroxylation is 1. The van der Waals surface area contributed by atoms with Crippen LogP contribution < -0.4 is 14.5 Å². The van der Waals surface area contributed by atoms with Gasteiger partial charge in [-0.25, -0.2) is 8.78 Å². The number of carbonyl (C=O) groups is 1. The van der Waals surface area contributed by atoms with Crippen LogP contribution in [0, 0.1) is 18.3 Å². The van der Waals surface area contributed by atoms with Gasteiger partial charge in [0, 0.05) is 62.4 Å². The van der Waals surface area contributed by atoms with Crippen molar-refractivity contribution in [1.29, 1.82) is 5.26 Å². The maximum absolute atomic E-state index is 12.4. The van der Waals surface area contributed by atoms with E-state index in [-0.39, 0.29) is 0 Å². The van der Waals surface area contributed by atoms with Gasteiger partial charge in [0.05, 0.1) is 25.4 Å². The lowest BCUT2D eigenvalue weighted by Crippen LogP contribution is -2.49. The number of anilines is 2. The van der Waals surface area contributed by atoms with Gasteiger partial charge in [-0.1, -0.05) is 30.3 Å². The normalized spacial score (nSPS) is 16.5. The van der Waals surface area contributed by atoms with Crippen LogP contribution in [0.25, 0.3) is 10.8 Å². The summed E-state index contributed by atoms with van der Waals surface area (Å²) in [6, 6.07) is 14.8. The third-order valence-corrected chi connectivity index (χ3v) is 8.24. The summed E-state index contributed by atoms with van der Waals surface area (Å²) in [6.07, 6.45) is 2.57. The first-order chi connectivity index (χ1) is 21.7. The van der Waals surface area contributed by atoms with Crippen molar-refractivity contribution in [2.45, 2.75) is 46.1 Å². The largest absolute Gasteiger partial charge is 0.467 e. The van der Waals surface area contributed by atoms with E-state index >= 15 is 0 Å². The van der Waals surface area contributed by atoms with Gasteiger partial charge < -0.3 is 24.3 Å². The highest BCUT2D eigenvalue weighted by atomic mass is 19.3. The lowest BCUT2D eigenvalue weighted by atomic mass is 9.99. The van der Waals surface area contributed by atoms with Gasteiger partial charge in [-0.3, -0.25) is 4.79 Å². The molecule has 4 heterocycles. The summed E-state index contributed by atoms with van der Waals surface area (Å²) in [5, 5.41) is 9.79. The van der Waals surface area contributed by atoms with Crippen LogP contribution in [0.3, 0.4) is 0 Å². The monoisotopic (exact) mass is 619 g/mol. The van der Waals surface area contributed by atoms with Crippen LogP contribution in [-0.4, -0.2) is 92.1 Å². The highest BCUT2D eigenvalue weighted by Crippen LogP contribution is 2.35. The first kappa shape index (κ1) is 33.6. The van der Waals surface area contributed by atoms with Gasteiger partial charge in [-0.05, 0) is 69.4 Å². The summed E-state index contributed by atoms with van der Waals surface area (Å²) in [5.41, 5.74) is 4.47. The van der Waals surface area contributed by atoms with Gasteiger partial charge in [0.15, 0.2) is 0 Å². The Morgan fingerprint density at radius 3 is 2.27 bits per heavy atom. The summed E-state index contributed by atoms with van der Waals surface area (Å²) < 4.78 is 30.3. The van der Waals surface area contributed by atoms with Gasteiger partial charge in [0.2, 0.25) is 5.91 Å². The molecule has 0 unspecified atom stereocenters. The standard InChI is InChI=1S/C27H29F2N5O2.C5H11N.C2H3N/c1-18-5-3-6-19-7-4-8-22(25(18)19)34-12-11-20-21(17-34)30-27(36-2)31-26(20)33-15-13-32(14-16-33)24(35)10-9-23(28)29;1-6-4-2-3-5-6;1-2-3/h3-10,23H,11-17H2,1-2H3;2-5H2,1H3;1H3/b10-9+;;. The number of allylic oxidation sites excluding steroid dienone is 1. The van der Waals surface area contributed by atoms with E-state index < -0.39 is 12.3 Å². The number of amides is 1. The fraction of sp³-hybridized carbons (Fsp3) is 0.471. The number of benzene rings is 2. The van der Waals surface area contributed by atoms with E-state index in [0.29, 0.717) is 44.8 Å². The van der Waals surface area contributed by atoms with Gasteiger partial charge >= 0.3 is 6.01 Å². The number of likely N-dealkylation sites (tertiary alicyclic amines) is 1. The molecule has 3 aliphatic heterocycles. The third-order valence-electron chi connectivity index (χ3n) is 8.24. The molecule has 2 aromatic carbocycles. The van der Waals surface area contributed by atoms with E-state index in [4.69, 9.17) is 15.0 Å². The van der Waals surface area contributed by atoms with Crippen molar-refractivity contribution in [2.24, 2.45) is 0 Å². The molecule has 0 saturated carbocycles. The molecular formula is C34H43F2N7O2. The van der Waals surface area contributed by atoms with Crippen LogP contribution in [-0.2, 0) is 17.8 Å². The Kier molecular flexibility index (Phi) is 12.0. The van der Waals surface area contributed by atoms with E-state index in [2.05, 4.69) is 70.1 Å². The molecule has 0 atom stereocenters. The first-order valence-corrected chi connectivity index (χ1v) is 15.4. The number of halogens is 2. The molecule has 6 rings (SSSR count). The number of piperazine rings is 1. The molecule has 0 N–H and O–H groups in total. The number of hydrogen-bond acceptors (Lipinski definition) is 8. The van der Waals surface area contributed by atoms with Gasteiger partial charge in [-0.2, -0.15) is 15.2 Å². The molecule has 240 valence electrons. The molecule has 0 spiro atoms. The summed E-state index contributed by atoms with van der Waals surface area (Å²) in [6.45, 7) is 9.69. The number of methoxy groups -OCH3 is 1. The molecule has 1 aromatic heterocycles. The molecule has 1 amide bonds. The first-order valence-electron chi connectivity index (χ1n) is 15.4. The number of nitriles is 1. The number of carbonyl (C=O) groups excluding carboxylic acids is 1. The van der Waals surface area contributed by atoms with Crippen molar-refractivity contribution in [3.63, 3.8) is 0 Å². The number of rotatable bonds is 5. The Bertz CT molecular complexity index is 1510. The molecule has 3 aromatic rings. The maximum Gasteiger partial charge on any atom is 0.318 e. The van der Waals surface area contributed by atoms with E-state index in [9.17, 15) is 13.6 Å². The molecule has 3 aliphatic rings. The second-order valence-electron chi connectivity index (χ2n) is 11.3. The predicted molar refractivity (Wildman–Crippen MR) is 174 cm³/mol. The Labute approximate surface area is 264 Å². The maximum atomic E-state index is 12.4. The Hall–Kier alpha value is -4.30. The molecule has 9 nitrogen and oxygen atoms in total. The number of nitrogens with zero attached hydrogens (tertiary/aromatic N) is 7. The number of hydrogen-bond donors (Lipinski definition) is 0. The van der Waals surface area contributed by atoms with Crippen molar-refractivity contribution in [3.8, 4) is 12.1 Å². The third kappa shape index (κ3) is 8.66. The topological polar surface area (TPSA) is 88.8 Å². The van der Waals surface area contributed by atoms with E-state index in [1.807, 2.05) is 0 Å². The summed E-state index contributed by atoms with van der Waals surface area (Å²) in [5.74, 6) is 0.444. The SMILES string of the molecule is CC#N.CN1CCCC1.COc1nc2c(c(N3CCN(C(=O)/C=C/C(F)F)CC3)n1)CCN(c1cccc3cccc(C)c13)C2. The average Bonchev–Trinajstić information content (AvgIpc) is 3.54. The molecule has 0 aliphatic carbocycles. The fourth-order valence-corrected chi connectivity index (χ4v) is 5.99. The van der Waals surface area contributed by atoms with Gasteiger partial charge in [0.1, 0.15) is 5.82 Å². The Morgan fingerprint density at radius 1 is 1.00 bits per heavy atom. The predicted octanol–water partition coefficient (Wildman–Crippen LogP) is 5.22. The van der Waals surface area contributed by atoms with Crippen LogP contribution >= 0.6 is 0 Å². The minimum atomic E-state index is -2.63. The van der Waals surface area contributed by atoms with Crippen molar-refractivity contribution >= 4 is 28.2 Å². The van der Waals surface area contributed by atoms with Crippen LogP contribution in [0.5, 0.6) is 6.01 Å². The summed E-state index contributed by atoms with van der Waals surface area (Å²) in [4.78, 5) is 30.0. The molecular weight excluding hydrogens is 576 g/mol. The highest BCUT2D eigenvalue weighted by Gasteiger charge is 2.29. The zero-order chi connectivity index (χ0) is 32.3. The molecule has 0 radical (unpaired) electrons. The van der Waals surface area contributed by atoms with Crippen molar-refractivity contribution < 1.29 is 18.3 Å². The van der Waals surface area contributed by atoms with Crippen LogP contribution in [0.4, 0.5) is 20.3 Å². The van der Waals surface area contributed by atoms with E-state index in [1.165, 1.54) is 54.9 Å². The lowest BCUT2D eigenvalue weighted by molar-refractivity contribution is -0.126. The lowest BCUT2D eigenvalue weighted by Gasteiger charge is -2.38. The van der Waals surface area contributed by atoms with E-state index in [1.54, 1.807) is 18.1 Å². The quantitative estimate of drug-likeness (QED) is 0.360. The van der Waals surface area contributed by atoms with Crippen LogP contribution in [0.15, 0.2) is 48.6 Å². The zero-order valence-electron chi connectivity index (χ0n) is 26.7. The number of fused-ring (bicyclic) bond motifs is 2. The van der Waals surface area contributed by atoms with Gasteiger partial charge in [0.25, 0.3) is 6.43 Å². The minimum Gasteiger partial charge on any atom is -0.467 e. The molecule has 45 heavy (non-hydrogen) atoms. The minimum absolute atomic E-state index is 0.318. The molecule has 2 saturated heterocycles. The fourth-order valence-electron chi connectivity index (χ4n) is 5.99. The van der Waals surface area contributed by atoms with Crippen molar-refractivity contribution in [1.82, 2.24) is 19.8 Å². The summed E-state index contributed by atoms with van der Waals surface area (Å²) in [7, 11) is 3.74. The molecule has 11 heteroatoms. The molecule has 2 fully saturated rings. The number of ether oxygens (including phenoxy) is 1. The van der Waals surface area contributed by atoms with Crippen LogP contribution in [0.1, 0.15) is 36.6 Å². The van der Waals surface area contributed by atoms with E-state index in [0.717, 1.165) is 36.1 Å². The second-order valence-corrected chi connectivity index (χ2v) is 11.3. The zero-order valence-corrected chi connectivity index (χ0v) is 26.7. The molecule has 0 bridgehead atoms. The van der Waals surface area contributed by atoms with Gasteiger partial charge in [-0.15, -0.1) is 0 Å². The van der Waals surface area contributed by atoms with Crippen molar-refractivity contribution in [2.75, 3.05) is 69.8 Å². The number of aromatic nitrogens is 2. The average molecular weight is 620 g/mol. The Morgan fingerprint density at radius 2 is 1.67 bits per heavy atom. The van der Waals surface area contributed by atoms with Crippen LogP contribution in [0.2, 0.25) is 0 Å². The highest BCUT2D eigenvalue weighted by molar-refractivity contribution is 5.97. The smallest absolute Gasteiger partial charge is 0.318 e. The second kappa shape index (κ2) is 16.1. The Balaban J connectivity index is 0.000000446.